The van der Waals surface area contributed by atoms with E-state index in [9.17, 15) is 19.2 Å². The maximum absolute atomic E-state index is 12.8. The molecule has 0 atom stereocenters. The van der Waals surface area contributed by atoms with Crippen molar-refractivity contribution in [2.75, 3.05) is 11.5 Å². The summed E-state index contributed by atoms with van der Waals surface area (Å²) in [5, 5.41) is 2.16. The molecule has 0 unspecified atom stereocenters. The number of urea groups is 1. The topological polar surface area (TPSA) is 119 Å². The number of rotatable bonds is 5. The Morgan fingerprint density at radius 2 is 1.86 bits per heavy atom. The Labute approximate surface area is 168 Å². The molecule has 1 fully saturated rings. The second-order valence-electron chi connectivity index (χ2n) is 5.76. The lowest BCUT2D eigenvalue weighted by atomic mass is 10.1. The van der Waals surface area contributed by atoms with Crippen LogP contribution in [-0.4, -0.2) is 30.4 Å². The van der Waals surface area contributed by atoms with Gasteiger partial charge in [0.05, 0.1) is 5.69 Å². The number of imide groups is 2. The number of carbonyl (C=O) groups excluding carboxylic acids is 4. The number of ether oxygens (including phenoxy) is 1. The van der Waals surface area contributed by atoms with Crippen molar-refractivity contribution in [2.24, 2.45) is 5.73 Å². The Balaban J connectivity index is 1.87. The third kappa shape index (κ3) is 4.26. The number of anilines is 1. The van der Waals surface area contributed by atoms with Crippen LogP contribution in [0.3, 0.4) is 0 Å². The summed E-state index contributed by atoms with van der Waals surface area (Å²) in [5.74, 6) is -1.71. The van der Waals surface area contributed by atoms with Crippen LogP contribution in [0.5, 0.6) is 5.75 Å². The molecular formula is C19H14BrN3O5. The van der Waals surface area contributed by atoms with Crippen LogP contribution in [0.1, 0.15) is 5.56 Å². The van der Waals surface area contributed by atoms with E-state index >= 15 is 0 Å². The number of benzene rings is 2. The molecule has 5 amide bonds. The Kier molecular flexibility index (Phi) is 5.55. The van der Waals surface area contributed by atoms with Gasteiger partial charge >= 0.3 is 6.03 Å². The molecule has 0 saturated carbocycles. The van der Waals surface area contributed by atoms with Gasteiger partial charge in [-0.25, -0.2) is 9.69 Å². The normalized spacial score (nSPS) is 15.5. The van der Waals surface area contributed by atoms with Gasteiger partial charge in [-0.15, -0.1) is 0 Å². The van der Waals surface area contributed by atoms with E-state index in [0.29, 0.717) is 21.5 Å². The van der Waals surface area contributed by atoms with E-state index in [-0.39, 0.29) is 12.2 Å². The fraction of sp³-hybridized carbons (Fsp3) is 0.0526. The molecule has 0 spiro atoms. The van der Waals surface area contributed by atoms with Gasteiger partial charge in [-0.3, -0.25) is 19.7 Å². The van der Waals surface area contributed by atoms with Gasteiger partial charge in [0.2, 0.25) is 0 Å². The van der Waals surface area contributed by atoms with Crippen molar-refractivity contribution in [2.45, 2.75) is 0 Å². The number of nitrogens with two attached hydrogens (primary N) is 1. The predicted molar refractivity (Wildman–Crippen MR) is 104 cm³/mol. The fourth-order valence-corrected chi connectivity index (χ4v) is 2.88. The second-order valence-corrected chi connectivity index (χ2v) is 6.68. The SMILES string of the molecule is NC(=O)COc1ccc(/C=C2\C(=O)NC(=O)N(c3cccc(Br)c3)C2=O)cc1. The van der Waals surface area contributed by atoms with Crippen molar-refractivity contribution in [3.63, 3.8) is 0 Å². The molecular weight excluding hydrogens is 430 g/mol. The molecule has 28 heavy (non-hydrogen) atoms. The van der Waals surface area contributed by atoms with Crippen LogP contribution in [0.15, 0.2) is 58.6 Å². The van der Waals surface area contributed by atoms with Gasteiger partial charge in [-0.05, 0) is 42.0 Å². The third-order valence-electron chi connectivity index (χ3n) is 3.74. The lowest BCUT2D eigenvalue weighted by molar-refractivity contribution is -0.123. The van der Waals surface area contributed by atoms with Crippen LogP contribution < -0.4 is 20.7 Å². The van der Waals surface area contributed by atoms with Crippen molar-refractivity contribution in [1.82, 2.24) is 5.32 Å². The minimum absolute atomic E-state index is 0.189. The van der Waals surface area contributed by atoms with Gasteiger partial charge in [0.25, 0.3) is 17.7 Å². The molecule has 8 nitrogen and oxygen atoms in total. The van der Waals surface area contributed by atoms with Crippen molar-refractivity contribution in [3.05, 3.63) is 64.1 Å². The second kappa shape index (κ2) is 8.05. The van der Waals surface area contributed by atoms with Crippen molar-refractivity contribution in [1.29, 1.82) is 0 Å². The van der Waals surface area contributed by atoms with Crippen LogP contribution in [0.4, 0.5) is 10.5 Å². The summed E-state index contributed by atoms with van der Waals surface area (Å²) in [6, 6.07) is 12.1. The summed E-state index contributed by atoms with van der Waals surface area (Å²) < 4.78 is 5.84. The van der Waals surface area contributed by atoms with Crippen LogP contribution in [0, 0.1) is 0 Å². The van der Waals surface area contributed by atoms with E-state index in [1.54, 1.807) is 48.5 Å². The Morgan fingerprint density at radius 1 is 1.14 bits per heavy atom. The monoisotopic (exact) mass is 443 g/mol. The largest absolute Gasteiger partial charge is 0.484 e. The van der Waals surface area contributed by atoms with E-state index < -0.39 is 23.8 Å². The van der Waals surface area contributed by atoms with E-state index in [0.717, 1.165) is 4.90 Å². The summed E-state index contributed by atoms with van der Waals surface area (Å²) in [6.45, 7) is -0.259. The quantitative estimate of drug-likeness (QED) is 0.540. The molecule has 2 aromatic rings. The van der Waals surface area contributed by atoms with Crippen LogP contribution >= 0.6 is 15.9 Å². The average Bonchev–Trinajstić information content (AvgIpc) is 2.64. The number of nitrogens with one attached hydrogen (secondary N) is 1. The Morgan fingerprint density at radius 3 is 2.50 bits per heavy atom. The highest BCUT2D eigenvalue weighted by atomic mass is 79.9. The van der Waals surface area contributed by atoms with Crippen molar-refractivity contribution in [3.8, 4) is 5.75 Å². The average molecular weight is 444 g/mol. The zero-order valence-corrected chi connectivity index (χ0v) is 15.9. The van der Waals surface area contributed by atoms with E-state index in [4.69, 9.17) is 10.5 Å². The van der Waals surface area contributed by atoms with Crippen LogP contribution in [0.2, 0.25) is 0 Å². The smallest absolute Gasteiger partial charge is 0.335 e. The molecule has 1 saturated heterocycles. The summed E-state index contributed by atoms with van der Waals surface area (Å²) in [6.07, 6.45) is 1.37. The molecule has 0 aliphatic carbocycles. The maximum Gasteiger partial charge on any atom is 0.335 e. The molecule has 0 radical (unpaired) electrons. The molecule has 142 valence electrons. The van der Waals surface area contributed by atoms with Crippen molar-refractivity contribution < 1.29 is 23.9 Å². The van der Waals surface area contributed by atoms with Gasteiger partial charge in [0.15, 0.2) is 6.61 Å². The highest BCUT2D eigenvalue weighted by molar-refractivity contribution is 9.10. The standard InChI is InChI=1S/C19H14BrN3O5/c20-12-2-1-3-13(9-12)23-18(26)15(17(25)22-19(23)27)8-11-4-6-14(7-5-11)28-10-16(21)24/h1-9H,10H2,(H2,21,24)(H,22,25,27)/b15-8+. The Hall–Kier alpha value is -3.46. The third-order valence-corrected chi connectivity index (χ3v) is 4.23. The molecule has 0 bridgehead atoms. The van der Waals surface area contributed by atoms with E-state index in [2.05, 4.69) is 21.2 Å². The molecule has 3 N–H and O–H groups in total. The fourth-order valence-electron chi connectivity index (χ4n) is 2.49. The summed E-state index contributed by atoms with van der Waals surface area (Å²) in [5.41, 5.74) is 5.69. The molecule has 9 heteroatoms. The predicted octanol–water partition coefficient (Wildman–Crippen LogP) is 1.98. The first-order chi connectivity index (χ1) is 13.3. The van der Waals surface area contributed by atoms with Gasteiger partial charge in [0, 0.05) is 4.47 Å². The van der Waals surface area contributed by atoms with Gasteiger partial charge in [-0.1, -0.05) is 34.1 Å². The number of nitrogens with zero attached hydrogens (tertiary/aromatic N) is 1. The highest BCUT2D eigenvalue weighted by Crippen LogP contribution is 2.25. The van der Waals surface area contributed by atoms with E-state index in [1.807, 2.05) is 0 Å². The minimum atomic E-state index is -0.819. The lowest BCUT2D eigenvalue weighted by Crippen LogP contribution is -2.54. The first kappa shape index (κ1) is 19.3. The number of barbiturate groups is 1. The maximum atomic E-state index is 12.8. The Bertz CT molecular complexity index is 1000. The zero-order chi connectivity index (χ0) is 20.3. The number of carbonyl (C=O) groups is 4. The summed E-state index contributed by atoms with van der Waals surface area (Å²) in [4.78, 5) is 48.8. The molecule has 1 heterocycles. The number of primary amides is 1. The molecule has 1 aliphatic heterocycles. The number of hydrogen-bond donors (Lipinski definition) is 2. The van der Waals surface area contributed by atoms with Crippen molar-refractivity contribution >= 4 is 51.4 Å². The first-order valence-electron chi connectivity index (χ1n) is 8.03. The summed E-state index contributed by atoms with van der Waals surface area (Å²) >= 11 is 3.29. The molecule has 1 aliphatic rings. The van der Waals surface area contributed by atoms with Crippen LogP contribution in [0.25, 0.3) is 6.08 Å². The number of amides is 5. The highest BCUT2D eigenvalue weighted by Gasteiger charge is 2.36. The minimum Gasteiger partial charge on any atom is -0.484 e. The lowest BCUT2D eigenvalue weighted by Gasteiger charge is -2.26. The van der Waals surface area contributed by atoms with Gasteiger partial charge < -0.3 is 10.5 Å². The van der Waals surface area contributed by atoms with Gasteiger partial charge in [-0.2, -0.15) is 0 Å². The van der Waals surface area contributed by atoms with Crippen LogP contribution in [-0.2, 0) is 14.4 Å². The molecule has 0 aromatic heterocycles. The molecule has 2 aromatic carbocycles. The molecule has 3 rings (SSSR count). The van der Waals surface area contributed by atoms with E-state index in [1.165, 1.54) is 6.08 Å². The number of hydrogen-bond acceptors (Lipinski definition) is 5. The zero-order valence-electron chi connectivity index (χ0n) is 14.3. The summed E-state index contributed by atoms with van der Waals surface area (Å²) in [7, 11) is 0. The first-order valence-corrected chi connectivity index (χ1v) is 8.82. The number of halogens is 1. The van der Waals surface area contributed by atoms with Gasteiger partial charge in [0.1, 0.15) is 11.3 Å².